The number of ether oxygens (including phenoxy) is 1. The lowest BCUT2D eigenvalue weighted by Crippen LogP contribution is -2.02. The van der Waals surface area contributed by atoms with Crippen LogP contribution in [0.3, 0.4) is 0 Å². The van der Waals surface area contributed by atoms with Gasteiger partial charge in [-0.15, -0.1) is 5.10 Å². The highest BCUT2D eigenvalue weighted by Crippen LogP contribution is 2.19. The zero-order valence-electron chi connectivity index (χ0n) is 14.9. The van der Waals surface area contributed by atoms with E-state index in [4.69, 9.17) is 4.74 Å². The van der Waals surface area contributed by atoms with Gasteiger partial charge in [0.15, 0.2) is 11.6 Å². The number of aromatic nitrogens is 3. The SMILES string of the molecule is CCc1ccc(C(=O)CSc2n[nH]c(COc3ccccc3C)n2)cc1. The number of hydrogen-bond acceptors (Lipinski definition) is 5. The van der Waals surface area contributed by atoms with Crippen LogP contribution in [0.15, 0.2) is 53.7 Å². The smallest absolute Gasteiger partial charge is 0.208 e. The normalized spacial score (nSPS) is 10.7. The predicted octanol–water partition coefficient (Wildman–Crippen LogP) is 4.23. The van der Waals surface area contributed by atoms with Gasteiger partial charge < -0.3 is 4.74 Å². The van der Waals surface area contributed by atoms with Crippen LogP contribution in [0.25, 0.3) is 0 Å². The molecule has 5 nitrogen and oxygen atoms in total. The minimum Gasteiger partial charge on any atom is -0.485 e. The number of nitrogens with zero attached hydrogens (tertiary/aromatic N) is 2. The summed E-state index contributed by atoms with van der Waals surface area (Å²) < 4.78 is 5.74. The maximum Gasteiger partial charge on any atom is 0.208 e. The van der Waals surface area contributed by atoms with Crippen molar-refractivity contribution in [3.05, 3.63) is 71.0 Å². The van der Waals surface area contributed by atoms with Crippen molar-refractivity contribution in [2.24, 2.45) is 0 Å². The molecule has 3 rings (SSSR count). The van der Waals surface area contributed by atoms with Gasteiger partial charge in [0.1, 0.15) is 12.4 Å². The number of benzene rings is 2. The molecule has 6 heteroatoms. The van der Waals surface area contributed by atoms with Crippen LogP contribution in [0.5, 0.6) is 5.75 Å². The van der Waals surface area contributed by atoms with Crippen molar-refractivity contribution in [2.45, 2.75) is 32.0 Å². The van der Waals surface area contributed by atoms with E-state index in [1.54, 1.807) is 0 Å². The molecule has 0 saturated carbocycles. The number of aromatic amines is 1. The Hall–Kier alpha value is -2.60. The fourth-order valence-electron chi connectivity index (χ4n) is 2.41. The number of hydrogen-bond donors (Lipinski definition) is 1. The Kier molecular flexibility index (Phi) is 6.07. The van der Waals surface area contributed by atoms with Crippen molar-refractivity contribution in [3.8, 4) is 5.75 Å². The molecule has 0 saturated heterocycles. The van der Waals surface area contributed by atoms with Crippen molar-refractivity contribution in [3.63, 3.8) is 0 Å². The number of rotatable bonds is 8. The third-order valence-corrected chi connectivity index (χ3v) is 4.83. The summed E-state index contributed by atoms with van der Waals surface area (Å²) in [5.41, 5.74) is 3.01. The highest BCUT2D eigenvalue weighted by atomic mass is 32.2. The average Bonchev–Trinajstić information content (AvgIpc) is 3.13. The summed E-state index contributed by atoms with van der Waals surface area (Å²) in [5.74, 6) is 1.83. The predicted molar refractivity (Wildman–Crippen MR) is 103 cm³/mol. The molecule has 0 spiro atoms. The minimum absolute atomic E-state index is 0.0696. The summed E-state index contributed by atoms with van der Waals surface area (Å²) in [6.45, 7) is 4.40. The van der Waals surface area contributed by atoms with E-state index in [-0.39, 0.29) is 5.78 Å². The molecule has 134 valence electrons. The molecule has 2 aromatic carbocycles. The molecule has 1 N–H and O–H groups in total. The summed E-state index contributed by atoms with van der Waals surface area (Å²) in [7, 11) is 0. The first kappa shape index (κ1) is 18.2. The fourth-order valence-corrected chi connectivity index (χ4v) is 3.12. The highest BCUT2D eigenvalue weighted by Gasteiger charge is 2.10. The van der Waals surface area contributed by atoms with Crippen LogP contribution < -0.4 is 4.74 Å². The minimum atomic E-state index is 0.0696. The van der Waals surface area contributed by atoms with Crippen LogP contribution in [0.2, 0.25) is 0 Å². The van der Waals surface area contributed by atoms with Gasteiger partial charge in [-0.2, -0.15) is 0 Å². The van der Waals surface area contributed by atoms with Crippen LogP contribution in [0.1, 0.15) is 34.2 Å². The first-order valence-electron chi connectivity index (χ1n) is 8.50. The average molecular weight is 367 g/mol. The molecule has 0 aliphatic rings. The van der Waals surface area contributed by atoms with Crippen LogP contribution in [0, 0.1) is 6.92 Å². The molecule has 1 aromatic heterocycles. The number of carbonyl (C=O) groups excluding carboxylic acids is 1. The standard InChI is InChI=1S/C20H21N3O2S/c1-3-15-8-10-16(11-9-15)17(24)13-26-20-21-19(22-23-20)12-25-18-7-5-4-6-14(18)2/h4-11H,3,12-13H2,1-2H3,(H,21,22,23). The molecule has 26 heavy (non-hydrogen) atoms. The maximum atomic E-state index is 12.3. The Bertz CT molecular complexity index is 875. The zero-order valence-corrected chi connectivity index (χ0v) is 15.7. The first-order valence-corrected chi connectivity index (χ1v) is 9.49. The number of thioether (sulfide) groups is 1. The van der Waals surface area contributed by atoms with E-state index in [9.17, 15) is 4.79 Å². The molecule has 0 aliphatic heterocycles. The number of carbonyl (C=O) groups is 1. The van der Waals surface area contributed by atoms with Gasteiger partial charge in [0.25, 0.3) is 0 Å². The van der Waals surface area contributed by atoms with Gasteiger partial charge in [0, 0.05) is 5.56 Å². The van der Waals surface area contributed by atoms with E-state index < -0.39 is 0 Å². The topological polar surface area (TPSA) is 67.9 Å². The largest absolute Gasteiger partial charge is 0.485 e. The van der Waals surface area contributed by atoms with Crippen molar-refractivity contribution in [1.29, 1.82) is 0 Å². The van der Waals surface area contributed by atoms with Crippen molar-refractivity contribution >= 4 is 17.5 Å². The number of nitrogens with one attached hydrogen (secondary N) is 1. The summed E-state index contributed by atoms with van der Waals surface area (Å²) in [6, 6.07) is 15.6. The molecular weight excluding hydrogens is 346 g/mol. The van der Waals surface area contributed by atoms with Crippen LogP contribution >= 0.6 is 11.8 Å². The van der Waals surface area contributed by atoms with E-state index >= 15 is 0 Å². The molecule has 0 amide bonds. The Labute approximate surface area is 157 Å². The van der Waals surface area contributed by atoms with Crippen LogP contribution in [0.4, 0.5) is 0 Å². The molecule has 0 unspecified atom stereocenters. The second kappa shape index (κ2) is 8.67. The van der Waals surface area contributed by atoms with Gasteiger partial charge >= 0.3 is 0 Å². The highest BCUT2D eigenvalue weighted by molar-refractivity contribution is 7.99. The molecule has 3 aromatic rings. The second-order valence-electron chi connectivity index (χ2n) is 5.88. The van der Waals surface area contributed by atoms with Crippen molar-refractivity contribution in [1.82, 2.24) is 15.2 Å². The van der Waals surface area contributed by atoms with E-state index in [1.165, 1.54) is 17.3 Å². The number of para-hydroxylation sites is 1. The molecule has 0 bridgehead atoms. The fraction of sp³-hybridized carbons (Fsp3) is 0.250. The summed E-state index contributed by atoms with van der Waals surface area (Å²) in [5, 5.41) is 7.54. The van der Waals surface area contributed by atoms with Gasteiger partial charge in [0.2, 0.25) is 5.16 Å². The van der Waals surface area contributed by atoms with E-state index in [0.717, 1.165) is 17.7 Å². The van der Waals surface area contributed by atoms with E-state index in [1.807, 2.05) is 55.5 Å². The van der Waals surface area contributed by atoms with Gasteiger partial charge in [-0.25, -0.2) is 4.98 Å². The summed E-state index contributed by atoms with van der Waals surface area (Å²) in [6.07, 6.45) is 0.966. The van der Waals surface area contributed by atoms with E-state index in [2.05, 4.69) is 22.1 Å². The molecule has 1 heterocycles. The van der Waals surface area contributed by atoms with Gasteiger partial charge in [-0.3, -0.25) is 9.89 Å². The lowest BCUT2D eigenvalue weighted by molar-refractivity contribution is 0.102. The van der Waals surface area contributed by atoms with Gasteiger partial charge in [0.05, 0.1) is 5.75 Å². The second-order valence-corrected chi connectivity index (χ2v) is 6.82. The number of aryl methyl sites for hydroxylation is 2. The quantitative estimate of drug-likeness (QED) is 0.477. The van der Waals surface area contributed by atoms with Crippen LogP contribution in [-0.4, -0.2) is 26.7 Å². The summed E-state index contributed by atoms with van der Waals surface area (Å²) in [4.78, 5) is 16.6. The Morgan fingerprint density at radius 1 is 1.15 bits per heavy atom. The van der Waals surface area contributed by atoms with Gasteiger partial charge in [-0.05, 0) is 30.5 Å². The Balaban J connectivity index is 1.51. The van der Waals surface area contributed by atoms with Gasteiger partial charge in [-0.1, -0.05) is 61.2 Å². The number of ketones is 1. The molecule has 0 atom stereocenters. The number of Topliss-reactive ketones (excluding diaryl/α,β-unsaturated/α-hetero) is 1. The summed E-state index contributed by atoms with van der Waals surface area (Å²) >= 11 is 1.32. The lowest BCUT2D eigenvalue weighted by Gasteiger charge is -2.06. The molecule has 0 radical (unpaired) electrons. The van der Waals surface area contributed by atoms with Crippen LogP contribution in [-0.2, 0) is 13.0 Å². The third-order valence-electron chi connectivity index (χ3n) is 3.99. The van der Waals surface area contributed by atoms with Crippen molar-refractivity contribution in [2.75, 3.05) is 5.75 Å². The molecule has 0 fully saturated rings. The van der Waals surface area contributed by atoms with E-state index in [0.29, 0.717) is 28.9 Å². The molecular formula is C20H21N3O2S. The maximum absolute atomic E-state index is 12.3. The van der Waals surface area contributed by atoms with Crippen molar-refractivity contribution < 1.29 is 9.53 Å². The Morgan fingerprint density at radius 2 is 1.92 bits per heavy atom. The Morgan fingerprint density at radius 3 is 2.65 bits per heavy atom. The monoisotopic (exact) mass is 367 g/mol. The number of H-pyrrole nitrogens is 1. The first-order chi connectivity index (χ1) is 12.7. The lowest BCUT2D eigenvalue weighted by atomic mass is 10.1. The zero-order chi connectivity index (χ0) is 18.4. The third kappa shape index (κ3) is 4.73. The molecule has 0 aliphatic carbocycles.